The summed E-state index contributed by atoms with van der Waals surface area (Å²) in [7, 11) is 0. The van der Waals surface area contributed by atoms with Gasteiger partial charge in [0.05, 0.1) is 6.54 Å². The van der Waals surface area contributed by atoms with E-state index in [-0.39, 0.29) is 18.4 Å². The fourth-order valence-electron chi connectivity index (χ4n) is 2.86. The molecule has 2 aliphatic heterocycles. The first-order valence-corrected chi connectivity index (χ1v) is 6.91. The molecule has 6 heteroatoms. The Kier molecular flexibility index (Phi) is 2.97. The number of nitrogens with zero attached hydrogens (tertiary/aromatic N) is 1. The van der Waals surface area contributed by atoms with E-state index in [1.54, 1.807) is 11.0 Å². The summed E-state index contributed by atoms with van der Waals surface area (Å²) in [4.78, 5) is 37.3. The highest BCUT2D eigenvalue weighted by Crippen LogP contribution is 2.26. The lowest BCUT2D eigenvalue weighted by molar-refractivity contribution is -0.123. The zero-order chi connectivity index (χ0) is 15.2. The molecule has 2 fully saturated rings. The van der Waals surface area contributed by atoms with Crippen LogP contribution in [0.25, 0.3) is 0 Å². The van der Waals surface area contributed by atoms with E-state index < -0.39 is 11.6 Å². The van der Waals surface area contributed by atoms with Gasteiger partial charge in [-0.05, 0) is 43.5 Å². The van der Waals surface area contributed by atoms with Crippen LogP contribution in [0.1, 0.15) is 27.9 Å². The number of rotatable bonds is 1. The summed E-state index contributed by atoms with van der Waals surface area (Å²) >= 11 is 0. The Balaban J connectivity index is 1.80. The predicted molar refractivity (Wildman–Crippen MR) is 75.8 cm³/mol. The van der Waals surface area contributed by atoms with Gasteiger partial charge in [0.25, 0.3) is 11.8 Å². The standard InChI is InChI=1S/C15H17N3O3/c1-9-3-4-11(7-10(9)2)12(19)18-6-5-15(8-18)13(20)16-14(21)17-15/h3-4,7H,5-6,8H2,1-2H3,(H2,16,17,20,21). The van der Waals surface area contributed by atoms with Gasteiger partial charge in [0.15, 0.2) is 0 Å². The van der Waals surface area contributed by atoms with Gasteiger partial charge in [-0.2, -0.15) is 0 Å². The molecule has 1 spiro atoms. The minimum Gasteiger partial charge on any atom is -0.336 e. The van der Waals surface area contributed by atoms with E-state index in [1.165, 1.54) is 0 Å². The SMILES string of the molecule is Cc1ccc(C(=O)N2CCC3(C2)NC(=O)NC3=O)cc1C. The van der Waals surface area contributed by atoms with E-state index in [9.17, 15) is 14.4 Å². The molecule has 0 saturated carbocycles. The molecule has 4 amide bonds. The van der Waals surface area contributed by atoms with Gasteiger partial charge >= 0.3 is 6.03 Å². The highest BCUT2D eigenvalue weighted by atomic mass is 16.2. The summed E-state index contributed by atoms with van der Waals surface area (Å²) < 4.78 is 0. The van der Waals surface area contributed by atoms with Gasteiger partial charge < -0.3 is 10.2 Å². The van der Waals surface area contributed by atoms with Gasteiger partial charge in [-0.3, -0.25) is 14.9 Å². The molecule has 21 heavy (non-hydrogen) atoms. The van der Waals surface area contributed by atoms with Gasteiger partial charge in [-0.25, -0.2) is 4.79 Å². The number of benzene rings is 1. The fraction of sp³-hybridized carbons (Fsp3) is 0.400. The van der Waals surface area contributed by atoms with E-state index >= 15 is 0 Å². The molecule has 0 aliphatic carbocycles. The zero-order valence-electron chi connectivity index (χ0n) is 12.0. The Morgan fingerprint density at radius 3 is 2.62 bits per heavy atom. The molecule has 1 aromatic rings. The van der Waals surface area contributed by atoms with Crippen molar-refractivity contribution in [1.29, 1.82) is 0 Å². The number of likely N-dealkylation sites (tertiary alicyclic amines) is 1. The van der Waals surface area contributed by atoms with Crippen molar-refractivity contribution >= 4 is 17.8 Å². The molecule has 2 N–H and O–H groups in total. The van der Waals surface area contributed by atoms with Crippen LogP contribution in [0, 0.1) is 13.8 Å². The van der Waals surface area contributed by atoms with E-state index in [4.69, 9.17) is 0 Å². The molecule has 2 heterocycles. The maximum Gasteiger partial charge on any atom is 0.322 e. The number of carbonyl (C=O) groups excluding carboxylic acids is 3. The number of aryl methyl sites for hydroxylation is 2. The van der Waals surface area contributed by atoms with Crippen LogP contribution >= 0.6 is 0 Å². The first-order chi connectivity index (χ1) is 9.91. The van der Waals surface area contributed by atoms with Gasteiger partial charge in [-0.15, -0.1) is 0 Å². The molecule has 1 atom stereocenters. The Bertz CT molecular complexity index is 656. The second-order valence-electron chi connectivity index (χ2n) is 5.77. The average molecular weight is 287 g/mol. The number of urea groups is 1. The third-order valence-corrected chi connectivity index (χ3v) is 4.32. The zero-order valence-corrected chi connectivity index (χ0v) is 12.0. The number of amides is 4. The number of hydrogen-bond acceptors (Lipinski definition) is 3. The molecular formula is C15H17N3O3. The van der Waals surface area contributed by atoms with Gasteiger partial charge in [-0.1, -0.05) is 6.07 Å². The summed E-state index contributed by atoms with van der Waals surface area (Å²) in [6.07, 6.45) is 0.446. The highest BCUT2D eigenvalue weighted by molar-refractivity contribution is 6.08. The van der Waals surface area contributed by atoms with Crippen molar-refractivity contribution in [2.24, 2.45) is 0 Å². The molecule has 0 radical (unpaired) electrons. The first kappa shape index (κ1) is 13.6. The Labute approximate surface area is 122 Å². The van der Waals surface area contributed by atoms with Crippen LogP contribution in [0.2, 0.25) is 0 Å². The third-order valence-electron chi connectivity index (χ3n) is 4.32. The third kappa shape index (κ3) is 2.16. The second kappa shape index (κ2) is 4.58. The molecule has 0 bridgehead atoms. The van der Waals surface area contributed by atoms with Crippen LogP contribution in [0.3, 0.4) is 0 Å². The lowest BCUT2D eigenvalue weighted by Crippen LogP contribution is -2.49. The van der Waals surface area contributed by atoms with Crippen LogP contribution in [-0.4, -0.2) is 41.4 Å². The summed E-state index contributed by atoms with van der Waals surface area (Å²) in [5, 5.41) is 4.88. The lowest BCUT2D eigenvalue weighted by atomic mass is 9.99. The van der Waals surface area contributed by atoms with Gasteiger partial charge in [0, 0.05) is 12.1 Å². The molecule has 6 nitrogen and oxygen atoms in total. The Morgan fingerprint density at radius 1 is 1.24 bits per heavy atom. The number of hydrogen-bond donors (Lipinski definition) is 2. The second-order valence-corrected chi connectivity index (χ2v) is 5.77. The molecule has 3 rings (SSSR count). The monoisotopic (exact) mass is 287 g/mol. The maximum absolute atomic E-state index is 12.5. The maximum atomic E-state index is 12.5. The van der Waals surface area contributed by atoms with Crippen LogP contribution < -0.4 is 10.6 Å². The van der Waals surface area contributed by atoms with E-state index in [0.29, 0.717) is 18.5 Å². The van der Waals surface area contributed by atoms with Crippen molar-refractivity contribution < 1.29 is 14.4 Å². The van der Waals surface area contributed by atoms with Crippen LogP contribution in [0.15, 0.2) is 18.2 Å². The molecule has 1 aromatic carbocycles. The average Bonchev–Trinajstić information content (AvgIpc) is 2.97. The van der Waals surface area contributed by atoms with E-state index in [1.807, 2.05) is 26.0 Å². The lowest BCUT2D eigenvalue weighted by Gasteiger charge is -2.21. The highest BCUT2D eigenvalue weighted by Gasteiger charge is 2.51. The molecule has 1 unspecified atom stereocenters. The smallest absolute Gasteiger partial charge is 0.322 e. The molecule has 0 aromatic heterocycles. The van der Waals surface area contributed by atoms with Crippen molar-refractivity contribution in [2.75, 3.05) is 13.1 Å². The summed E-state index contributed by atoms with van der Waals surface area (Å²) in [6.45, 7) is 4.63. The van der Waals surface area contributed by atoms with Crippen LogP contribution in [-0.2, 0) is 4.79 Å². The van der Waals surface area contributed by atoms with Crippen molar-refractivity contribution in [1.82, 2.24) is 15.5 Å². The Morgan fingerprint density at radius 2 is 2.00 bits per heavy atom. The van der Waals surface area contributed by atoms with Crippen molar-refractivity contribution in [3.8, 4) is 0 Å². The normalized spacial score (nSPS) is 24.4. The van der Waals surface area contributed by atoms with Crippen molar-refractivity contribution in [2.45, 2.75) is 25.8 Å². The van der Waals surface area contributed by atoms with Crippen molar-refractivity contribution in [3.05, 3.63) is 34.9 Å². The minimum absolute atomic E-state index is 0.107. The number of imide groups is 1. The topological polar surface area (TPSA) is 78.5 Å². The number of nitrogens with one attached hydrogen (secondary N) is 2. The van der Waals surface area contributed by atoms with Gasteiger partial charge in [0.1, 0.15) is 5.54 Å². The van der Waals surface area contributed by atoms with Crippen LogP contribution in [0.4, 0.5) is 4.79 Å². The number of carbonyl (C=O) groups is 3. The minimum atomic E-state index is -0.952. The largest absolute Gasteiger partial charge is 0.336 e. The van der Waals surface area contributed by atoms with E-state index in [2.05, 4.69) is 10.6 Å². The van der Waals surface area contributed by atoms with Crippen LogP contribution in [0.5, 0.6) is 0 Å². The molecular weight excluding hydrogens is 270 g/mol. The van der Waals surface area contributed by atoms with Crippen molar-refractivity contribution in [3.63, 3.8) is 0 Å². The molecule has 110 valence electrons. The first-order valence-electron chi connectivity index (χ1n) is 6.91. The summed E-state index contributed by atoms with van der Waals surface area (Å²) in [5.74, 6) is -0.452. The predicted octanol–water partition coefficient (Wildman–Crippen LogP) is 0.728. The molecule has 2 saturated heterocycles. The Hall–Kier alpha value is -2.37. The fourth-order valence-corrected chi connectivity index (χ4v) is 2.86. The molecule has 2 aliphatic rings. The van der Waals surface area contributed by atoms with E-state index in [0.717, 1.165) is 11.1 Å². The van der Waals surface area contributed by atoms with Gasteiger partial charge in [0.2, 0.25) is 0 Å². The summed E-state index contributed by atoms with van der Waals surface area (Å²) in [5.41, 5.74) is 1.85. The quantitative estimate of drug-likeness (QED) is 0.747. The summed E-state index contributed by atoms with van der Waals surface area (Å²) in [6, 6.07) is 5.08.